The van der Waals surface area contributed by atoms with Crippen molar-refractivity contribution in [2.75, 3.05) is 19.7 Å². The minimum atomic E-state index is -0.315. The zero-order valence-electron chi connectivity index (χ0n) is 14.6. The Morgan fingerprint density at radius 2 is 1.92 bits per heavy atom. The molecule has 2 aliphatic rings. The van der Waals surface area contributed by atoms with Crippen LogP contribution in [0.15, 0.2) is 54.6 Å². The second kappa shape index (κ2) is 7.00. The van der Waals surface area contributed by atoms with E-state index in [1.807, 2.05) is 35.2 Å². The quantitative estimate of drug-likeness (QED) is 0.920. The standard InChI is InChI=1S/C21H23NO4/c23-17-9-7-16(8-10-17)20(24)22-12-4-11-21(15-22)13-19(14-25-21)26-18-5-2-1-3-6-18/h1-3,5-10,19,23H,4,11-15H2. The number of carbonyl (C=O) groups is 1. The summed E-state index contributed by atoms with van der Waals surface area (Å²) in [6.45, 7) is 1.87. The number of phenolic OH excluding ortho intramolecular Hbond substituents is 1. The number of para-hydroxylation sites is 1. The first-order valence-corrected chi connectivity index (χ1v) is 9.08. The molecule has 1 spiro atoms. The number of aromatic hydroxyl groups is 1. The first kappa shape index (κ1) is 16.9. The Kier molecular flexibility index (Phi) is 4.55. The van der Waals surface area contributed by atoms with Gasteiger partial charge in [0.1, 0.15) is 17.6 Å². The van der Waals surface area contributed by atoms with Gasteiger partial charge in [0, 0.05) is 18.5 Å². The molecule has 2 saturated heterocycles. The minimum Gasteiger partial charge on any atom is -0.508 e. The van der Waals surface area contributed by atoms with Gasteiger partial charge in [-0.15, -0.1) is 0 Å². The molecule has 2 aliphatic heterocycles. The van der Waals surface area contributed by atoms with Crippen LogP contribution in [0.5, 0.6) is 11.5 Å². The van der Waals surface area contributed by atoms with Crippen LogP contribution >= 0.6 is 0 Å². The molecule has 2 aromatic carbocycles. The average Bonchev–Trinajstić information content (AvgIpc) is 3.04. The zero-order valence-corrected chi connectivity index (χ0v) is 14.6. The molecule has 4 rings (SSSR count). The van der Waals surface area contributed by atoms with Crippen LogP contribution in [-0.2, 0) is 4.74 Å². The van der Waals surface area contributed by atoms with Gasteiger partial charge in [-0.05, 0) is 49.2 Å². The number of benzene rings is 2. The van der Waals surface area contributed by atoms with Gasteiger partial charge in [-0.3, -0.25) is 4.79 Å². The summed E-state index contributed by atoms with van der Waals surface area (Å²) in [5.74, 6) is 1.00. The van der Waals surface area contributed by atoms with E-state index in [4.69, 9.17) is 9.47 Å². The lowest BCUT2D eigenvalue weighted by atomic mass is 9.89. The minimum absolute atomic E-state index is 0.0138. The zero-order chi connectivity index (χ0) is 18.0. The molecule has 0 bridgehead atoms. The lowest BCUT2D eigenvalue weighted by Crippen LogP contribution is -2.50. The Morgan fingerprint density at radius 3 is 2.69 bits per heavy atom. The number of amides is 1. The van der Waals surface area contributed by atoms with Crippen molar-refractivity contribution in [1.29, 1.82) is 0 Å². The summed E-state index contributed by atoms with van der Waals surface area (Å²) in [5.41, 5.74) is 0.277. The van der Waals surface area contributed by atoms with Crippen LogP contribution in [0, 0.1) is 0 Å². The Labute approximate surface area is 153 Å². The number of hydrogen-bond donors (Lipinski definition) is 1. The van der Waals surface area contributed by atoms with E-state index in [0.717, 1.165) is 31.6 Å². The second-order valence-corrected chi connectivity index (χ2v) is 7.13. The molecule has 2 fully saturated rings. The third kappa shape index (κ3) is 3.53. The topological polar surface area (TPSA) is 59.0 Å². The van der Waals surface area contributed by atoms with E-state index >= 15 is 0 Å². The van der Waals surface area contributed by atoms with Gasteiger partial charge in [0.15, 0.2) is 0 Å². The van der Waals surface area contributed by atoms with Crippen LogP contribution < -0.4 is 4.74 Å². The Hall–Kier alpha value is -2.53. The predicted molar refractivity (Wildman–Crippen MR) is 97.4 cm³/mol. The summed E-state index contributed by atoms with van der Waals surface area (Å²) in [4.78, 5) is 14.6. The molecule has 0 aromatic heterocycles. The van der Waals surface area contributed by atoms with Crippen molar-refractivity contribution in [3.8, 4) is 11.5 Å². The summed E-state index contributed by atoms with van der Waals surface area (Å²) in [6.07, 6.45) is 2.67. The van der Waals surface area contributed by atoms with Crippen molar-refractivity contribution >= 4 is 5.91 Å². The maximum absolute atomic E-state index is 12.8. The molecule has 2 atom stereocenters. The Morgan fingerprint density at radius 1 is 1.15 bits per heavy atom. The first-order chi connectivity index (χ1) is 12.6. The molecule has 5 nitrogen and oxygen atoms in total. The number of phenols is 1. The summed E-state index contributed by atoms with van der Waals surface area (Å²) >= 11 is 0. The van der Waals surface area contributed by atoms with Gasteiger partial charge in [-0.1, -0.05) is 18.2 Å². The van der Waals surface area contributed by atoms with Crippen molar-refractivity contribution in [3.63, 3.8) is 0 Å². The number of hydrogen-bond acceptors (Lipinski definition) is 4. The van der Waals surface area contributed by atoms with E-state index in [1.165, 1.54) is 0 Å². The molecule has 2 unspecified atom stereocenters. The normalized spacial score (nSPS) is 25.4. The van der Waals surface area contributed by atoms with Gasteiger partial charge in [0.2, 0.25) is 0 Å². The van der Waals surface area contributed by atoms with E-state index in [9.17, 15) is 9.90 Å². The lowest BCUT2D eigenvalue weighted by molar-refractivity contribution is -0.0453. The summed E-state index contributed by atoms with van der Waals surface area (Å²) in [6, 6.07) is 16.2. The van der Waals surface area contributed by atoms with Crippen LogP contribution in [0.4, 0.5) is 0 Å². The van der Waals surface area contributed by atoms with Crippen molar-refractivity contribution in [3.05, 3.63) is 60.2 Å². The smallest absolute Gasteiger partial charge is 0.253 e. The SMILES string of the molecule is O=C(c1ccc(O)cc1)N1CCCC2(CC(Oc3ccccc3)CO2)C1. The summed E-state index contributed by atoms with van der Waals surface area (Å²) < 4.78 is 12.2. The van der Waals surface area contributed by atoms with Gasteiger partial charge < -0.3 is 19.5 Å². The van der Waals surface area contributed by atoms with Gasteiger partial charge in [-0.25, -0.2) is 0 Å². The molecule has 2 heterocycles. The summed E-state index contributed by atoms with van der Waals surface area (Å²) in [5, 5.41) is 9.41. The fourth-order valence-electron chi connectivity index (χ4n) is 3.91. The van der Waals surface area contributed by atoms with E-state index in [2.05, 4.69) is 0 Å². The van der Waals surface area contributed by atoms with Crippen LogP contribution in [0.25, 0.3) is 0 Å². The van der Waals surface area contributed by atoms with Crippen molar-refractivity contribution in [1.82, 2.24) is 4.90 Å². The van der Waals surface area contributed by atoms with Crippen LogP contribution in [0.3, 0.4) is 0 Å². The van der Waals surface area contributed by atoms with E-state index in [1.54, 1.807) is 24.3 Å². The van der Waals surface area contributed by atoms with E-state index in [0.29, 0.717) is 18.7 Å². The number of ether oxygens (including phenoxy) is 2. The van der Waals surface area contributed by atoms with E-state index < -0.39 is 0 Å². The monoisotopic (exact) mass is 353 g/mol. The molecule has 1 amide bonds. The number of piperidine rings is 1. The maximum Gasteiger partial charge on any atom is 0.253 e. The second-order valence-electron chi connectivity index (χ2n) is 7.13. The van der Waals surface area contributed by atoms with E-state index in [-0.39, 0.29) is 23.4 Å². The summed E-state index contributed by atoms with van der Waals surface area (Å²) in [7, 11) is 0. The average molecular weight is 353 g/mol. The highest BCUT2D eigenvalue weighted by Gasteiger charge is 2.45. The van der Waals surface area contributed by atoms with Gasteiger partial charge >= 0.3 is 0 Å². The highest BCUT2D eigenvalue weighted by atomic mass is 16.6. The van der Waals surface area contributed by atoms with Crippen molar-refractivity contribution in [2.24, 2.45) is 0 Å². The fraction of sp³-hybridized carbons (Fsp3) is 0.381. The molecule has 5 heteroatoms. The largest absolute Gasteiger partial charge is 0.508 e. The number of nitrogens with zero attached hydrogens (tertiary/aromatic N) is 1. The van der Waals surface area contributed by atoms with Crippen LogP contribution in [0.2, 0.25) is 0 Å². The number of rotatable bonds is 3. The van der Waals surface area contributed by atoms with Crippen LogP contribution in [-0.4, -0.2) is 47.3 Å². The number of likely N-dealkylation sites (tertiary alicyclic amines) is 1. The van der Waals surface area contributed by atoms with Gasteiger partial charge in [0.25, 0.3) is 5.91 Å². The lowest BCUT2D eigenvalue weighted by Gasteiger charge is -2.39. The van der Waals surface area contributed by atoms with Crippen molar-refractivity contribution < 1.29 is 19.4 Å². The first-order valence-electron chi connectivity index (χ1n) is 9.08. The van der Waals surface area contributed by atoms with Gasteiger partial charge in [-0.2, -0.15) is 0 Å². The molecule has 136 valence electrons. The molecule has 26 heavy (non-hydrogen) atoms. The van der Waals surface area contributed by atoms with Crippen LogP contribution in [0.1, 0.15) is 29.6 Å². The highest BCUT2D eigenvalue weighted by Crippen LogP contribution is 2.36. The number of carbonyl (C=O) groups excluding carboxylic acids is 1. The molecule has 0 saturated carbocycles. The highest BCUT2D eigenvalue weighted by molar-refractivity contribution is 5.94. The molecular formula is C21H23NO4. The predicted octanol–water partition coefficient (Wildman–Crippen LogP) is 3.23. The fourth-order valence-corrected chi connectivity index (χ4v) is 3.91. The molecular weight excluding hydrogens is 330 g/mol. The molecule has 0 aliphatic carbocycles. The Bertz CT molecular complexity index is 761. The third-order valence-corrected chi connectivity index (χ3v) is 5.16. The Balaban J connectivity index is 1.41. The maximum atomic E-state index is 12.8. The molecule has 2 aromatic rings. The molecule has 1 N–H and O–H groups in total. The third-order valence-electron chi connectivity index (χ3n) is 5.16. The van der Waals surface area contributed by atoms with Gasteiger partial charge in [0.05, 0.1) is 18.8 Å². The van der Waals surface area contributed by atoms with Crippen molar-refractivity contribution in [2.45, 2.75) is 31.0 Å². The molecule has 0 radical (unpaired) electrons.